The number of carboxylic acid groups (broad SMARTS) is 1. The number of anilines is 1. The van der Waals surface area contributed by atoms with Gasteiger partial charge in [-0.15, -0.1) is 0 Å². The van der Waals surface area contributed by atoms with Gasteiger partial charge < -0.3 is 10.0 Å². The van der Waals surface area contributed by atoms with Gasteiger partial charge in [-0.3, -0.25) is 0 Å². The van der Waals surface area contributed by atoms with Gasteiger partial charge in [0.05, 0.1) is 16.8 Å². The maximum absolute atomic E-state index is 10.8. The summed E-state index contributed by atoms with van der Waals surface area (Å²) in [6, 6.07) is 6.98. The number of benzene rings is 1. The normalized spacial score (nSPS) is 11.6. The third-order valence-electron chi connectivity index (χ3n) is 3.00. The van der Waals surface area contributed by atoms with Crippen molar-refractivity contribution in [1.82, 2.24) is 0 Å². The van der Waals surface area contributed by atoms with E-state index in [4.69, 9.17) is 10.4 Å². The van der Waals surface area contributed by atoms with E-state index >= 15 is 0 Å². The second-order valence-electron chi connectivity index (χ2n) is 4.02. The lowest BCUT2D eigenvalue weighted by molar-refractivity contribution is 0.0697. The van der Waals surface area contributed by atoms with Crippen molar-refractivity contribution >= 4 is 11.7 Å². The SMILES string of the molecule is CCC(C)N(C)c1ccc(C(=O)O)cc1C#N. The third kappa shape index (κ3) is 2.76. The van der Waals surface area contributed by atoms with Gasteiger partial charge in [0.1, 0.15) is 6.07 Å². The summed E-state index contributed by atoms with van der Waals surface area (Å²) in [6.07, 6.45) is 0.960. The zero-order chi connectivity index (χ0) is 13.0. The van der Waals surface area contributed by atoms with Gasteiger partial charge in [0.25, 0.3) is 0 Å². The summed E-state index contributed by atoms with van der Waals surface area (Å²) in [5.41, 5.74) is 1.31. The predicted octanol–water partition coefficient (Wildman–Crippen LogP) is 2.49. The van der Waals surface area contributed by atoms with E-state index in [1.807, 2.05) is 18.0 Å². The van der Waals surface area contributed by atoms with Gasteiger partial charge in [-0.2, -0.15) is 5.26 Å². The van der Waals surface area contributed by atoms with Gasteiger partial charge in [-0.25, -0.2) is 4.79 Å². The van der Waals surface area contributed by atoms with E-state index in [-0.39, 0.29) is 5.56 Å². The van der Waals surface area contributed by atoms with E-state index in [2.05, 4.69) is 13.8 Å². The van der Waals surface area contributed by atoms with Gasteiger partial charge in [0, 0.05) is 13.1 Å². The van der Waals surface area contributed by atoms with Crippen LogP contribution in [-0.4, -0.2) is 24.2 Å². The lowest BCUT2D eigenvalue weighted by Crippen LogP contribution is -2.28. The van der Waals surface area contributed by atoms with Gasteiger partial charge in [-0.1, -0.05) is 6.92 Å². The minimum absolute atomic E-state index is 0.142. The Morgan fingerprint density at radius 1 is 1.59 bits per heavy atom. The molecule has 0 bridgehead atoms. The van der Waals surface area contributed by atoms with Crippen LogP contribution in [0.2, 0.25) is 0 Å². The van der Waals surface area contributed by atoms with E-state index in [0.717, 1.165) is 12.1 Å². The molecule has 0 heterocycles. The topological polar surface area (TPSA) is 64.3 Å². The van der Waals surface area contributed by atoms with Crippen LogP contribution in [0.5, 0.6) is 0 Å². The Labute approximate surface area is 101 Å². The van der Waals surface area contributed by atoms with Crippen molar-refractivity contribution in [1.29, 1.82) is 5.26 Å². The summed E-state index contributed by atoms with van der Waals surface area (Å²) < 4.78 is 0. The van der Waals surface area contributed by atoms with Crippen LogP contribution < -0.4 is 4.90 Å². The van der Waals surface area contributed by atoms with Gasteiger partial charge in [-0.05, 0) is 31.5 Å². The second-order valence-corrected chi connectivity index (χ2v) is 4.02. The van der Waals surface area contributed by atoms with Crippen molar-refractivity contribution in [3.8, 4) is 6.07 Å². The predicted molar refractivity (Wildman–Crippen MR) is 66.3 cm³/mol. The first kappa shape index (κ1) is 13.0. The highest BCUT2D eigenvalue weighted by molar-refractivity contribution is 5.89. The maximum atomic E-state index is 10.8. The lowest BCUT2D eigenvalue weighted by atomic mass is 10.1. The highest BCUT2D eigenvalue weighted by Gasteiger charge is 2.14. The molecule has 1 aromatic rings. The average Bonchev–Trinajstić information content (AvgIpc) is 2.35. The molecule has 0 aliphatic carbocycles. The third-order valence-corrected chi connectivity index (χ3v) is 3.00. The molecule has 0 saturated heterocycles. The molecule has 0 aromatic heterocycles. The van der Waals surface area contributed by atoms with E-state index in [9.17, 15) is 4.79 Å². The highest BCUT2D eigenvalue weighted by atomic mass is 16.4. The fourth-order valence-corrected chi connectivity index (χ4v) is 1.58. The maximum Gasteiger partial charge on any atom is 0.335 e. The summed E-state index contributed by atoms with van der Waals surface area (Å²) >= 11 is 0. The molecule has 1 N–H and O–H groups in total. The first-order chi connectivity index (χ1) is 8.01. The molecule has 0 aliphatic heterocycles. The number of nitrogens with zero attached hydrogens (tertiary/aromatic N) is 2. The number of carboxylic acids is 1. The molecule has 90 valence electrons. The van der Waals surface area contributed by atoms with Crippen LogP contribution in [0.1, 0.15) is 36.2 Å². The Morgan fingerprint density at radius 3 is 2.71 bits per heavy atom. The fraction of sp³-hybridized carbons (Fsp3) is 0.385. The van der Waals surface area contributed by atoms with Gasteiger partial charge in [0.2, 0.25) is 0 Å². The number of hydrogen-bond donors (Lipinski definition) is 1. The van der Waals surface area contributed by atoms with Crippen LogP contribution in [-0.2, 0) is 0 Å². The molecule has 0 radical (unpaired) electrons. The molecule has 0 aliphatic rings. The van der Waals surface area contributed by atoms with Crippen LogP contribution in [0.25, 0.3) is 0 Å². The summed E-state index contributed by atoms with van der Waals surface area (Å²) in [5, 5.41) is 17.9. The molecule has 4 heteroatoms. The van der Waals surface area contributed by atoms with Crippen LogP contribution in [0.3, 0.4) is 0 Å². The monoisotopic (exact) mass is 232 g/mol. The fourth-order valence-electron chi connectivity index (χ4n) is 1.58. The van der Waals surface area contributed by atoms with E-state index in [1.54, 1.807) is 6.07 Å². The molecule has 1 aromatic carbocycles. The number of rotatable bonds is 4. The first-order valence-corrected chi connectivity index (χ1v) is 5.51. The lowest BCUT2D eigenvalue weighted by Gasteiger charge is -2.27. The Balaban J connectivity index is 3.18. The second kappa shape index (κ2) is 5.35. The van der Waals surface area contributed by atoms with Crippen LogP contribution >= 0.6 is 0 Å². The number of nitriles is 1. The van der Waals surface area contributed by atoms with Gasteiger partial charge in [0.15, 0.2) is 0 Å². The Hall–Kier alpha value is -2.02. The van der Waals surface area contributed by atoms with Crippen molar-refractivity contribution in [2.75, 3.05) is 11.9 Å². The standard InChI is InChI=1S/C13H16N2O2/c1-4-9(2)15(3)12-6-5-10(13(16)17)7-11(12)8-14/h5-7,9H,4H2,1-3H3,(H,16,17). The molecule has 1 unspecified atom stereocenters. The molecular formula is C13H16N2O2. The first-order valence-electron chi connectivity index (χ1n) is 5.51. The summed E-state index contributed by atoms with van der Waals surface area (Å²) in [5.74, 6) is -1.01. The molecular weight excluding hydrogens is 216 g/mol. The number of carbonyl (C=O) groups is 1. The number of aromatic carboxylic acids is 1. The Morgan fingerprint density at radius 2 is 2.24 bits per heavy atom. The summed E-state index contributed by atoms with van der Waals surface area (Å²) in [7, 11) is 1.91. The van der Waals surface area contributed by atoms with E-state index in [0.29, 0.717) is 11.6 Å². The minimum Gasteiger partial charge on any atom is -0.478 e. The van der Waals surface area contributed by atoms with Crippen molar-refractivity contribution in [2.24, 2.45) is 0 Å². The van der Waals surface area contributed by atoms with Crippen molar-refractivity contribution in [2.45, 2.75) is 26.3 Å². The largest absolute Gasteiger partial charge is 0.478 e. The summed E-state index contributed by atoms with van der Waals surface area (Å²) in [6.45, 7) is 4.13. The average molecular weight is 232 g/mol. The quantitative estimate of drug-likeness (QED) is 0.866. The van der Waals surface area contributed by atoms with Crippen molar-refractivity contribution in [3.63, 3.8) is 0 Å². The molecule has 0 amide bonds. The van der Waals surface area contributed by atoms with Crippen molar-refractivity contribution < 1.29 is 9.90 Å². The minimum atomic E-state index is -1.01. The van der Waals surface area contributed by atoms with Crippen LogP contribution in [0.4, 0.5) is 5.69 Å². The van der Waals surface area contributed by atoms with Crippen LogP contribution in [0, 0.1) is 11.3 Å². The van der Waals surface area contributed by atoms with Crippen LogP contribution in [0.15, 0.2) is 18.2 Å². The molecule has 1 atom stereocenters. The number of hydrogen-bond acceptors (Lipinski definition) is 3. The van der Waals surface area contributed by atoms with Gasteiger partial charge >= 0.3 is 5.97 Å². The molecule has 4 nitrogen and oxygen atoms in total. The molecule has 0 fully saturated rings. The highest BCUT2D eigenvalue weighted by Crippen LogP contribution is 2.23. The summed E-state index contributed by atoms with van der Waals surface area (Å²) in [4.78, 5) is 12.8. The Bertz CT molecular complexity index is 463. The van der Waals surface area contributed by atoms with E-state index in [1.165, 1.54) is 12.1 Å². The molecule has 0 spiro atoms. The molecule has 17 heavy (non-hydrogen) atoms. The zero-order valence-electron chi connectivity index (χ0n) is 10.3. The molecule has 1 rings (SSSR count). The molecule has 0 saturated carbocycles. The van der Waals surface area contributed by atoms with E-state index < -0.39 is 5.97 Å². The smallest absolute Gasteiger partial charge is 0.335 e. The Kier molecular flexibility index (Phi) is 4.11. The zero-order valence-corrected chi connectivity index (χ0v) is 10.3. The van der Waals surface area contributed by atoms with Crippen molar-refractivity contribution in [3.05, 3.63) is 29.3 Å².